The highest BCUT2D eigenvalue weighted by atomic mass is 16.5. The second-order valence-corrected chi connectivity index (χ2v) is 10.1. The van der Waals surface area contributed by atoms with Crippen LogP contribution < -0.4 is 15.4 Å². The lowest BCUT2D eigenvalue weighted by Gasteiger charge is -2.39. The molecule has 1 aliphatic heterocycles. The fourth-order valence-electron chi connectivity index (χ4n) is 5.07. The van der Waals surface area contributed by atoms with Crippen LogP contribution in [-0.2, 0) is 9.59 Å². The number of carbonyl (C=O) groups excluding carboxylic acids is 2. The summed E-state index contributed by atoms with van der Waals surface area (Å²) >= 11 is 0. The first-order valence-corrected chi connectivity index (χ1v) is 12.1. The smallest absolute Gasteiger partial charge is 0.255 e. The van der Waals surface area contributed by atoms with Crippen molar-refractivity contribution in [2.75, 3.05) is 5.32 Å². The average Bonchev–Trinajstić information content (AvgIpc) is 2.83. The van der Waals surface area contributed by atoms with Crippen molar-refractivity contribution in [2.24, 2.45) is 5.41 Å². The number of carbonyl (C=O) groups is 2. The summed E-state index contributed by atoms with van der Waals surface area (Å²) in [7, 11) is 0. The first-order valence-electron chi connectivity index (χ1n) is 12.1. The number of amides is 1. The molecule has 5 rings (SSSR count). The fraction of sp³-hybridized carbons (Fsp3) is 0.233. The number of Topliss-reactive ketones (excluding diaryl/α,β-unsaturated/α-hetero) is 1. The van der Waals surface area contributed by atoms with Gasteiger partial charge in [0.15, 0.2) is 5.78 Å². The van der Waals surface area contributed by atoms with Gasteiger partial charge in [-0.15, -0.1) is 0 Å². The molecular weight excluding hydrogens is 450 g/mol. The second-order valence-electron chi connectivity index (χ2n) is 10.1. The van der Waals surface area contributed by atoms with E-state index in [9.17, 15) is 9.59 Å². The number of hydrogen-bond acceptors (Lipinski definition) is 5. The molecule has 0 spiro atoms. The van der Waals surface area contributed by atoms with E-state index in [1.165, 1.54) is 0 Å². The van der Waals surface area contributed by atoms with Gasteiger partial charge < -0.3 is 15.4 Å². The summed E-state index contributed by atoms with van der Waals surface area (Å²) in [5, 5.41) is 6.31. The molecule has 0 unspecified atom stereocenters. The maximum absolute atomic E-state index is 13.6. The van der Waals surface area contributed by atoms with Crippen LogP contribution in [0.5, 0.6) is 11.5 Å². The van der Waals surface area contributed by atoms with Gasteiger partial charge >= 0.3 is 0 Å². The van der Waals surface area contributed by atoms with E-state index in [1.807, 2.05) is 67.6 Å². The van der Waals surface area contributed by atoms with Gasteiger partial charge in [-0.05, 0) is 60.7 Å². The Morgan fingerprint density at radius 3 is 2.50 bits per heavy atom. The second kappa shape index (κ2) is 9.46. The van der Waals surface area contributed by atoms with Crippen LogP contribution in [0.3, 0.4) is 0 Å². The minimum atomic E-state index is -0.520. The number of dihydropyridines is 1. The largest absolute Gasteiger partial charge is 0.457 e. The Balaban J connectivity index is 1.58. The van der Waals surface area contributed by atoms with Crippen molar-refractivity contribution in [2.45, 2.75) is 39.5 Å². The van der Waals surface area contributed by atoms with Crippen LogP contribution in [0.25, 0.3) is 0 Å². The molecule has 182 valence electrons. The minimum Gasteiger partial charge on any atom is -0.457 e. The number of nitrogens with one attached hydrogen (secondary N) is 2. The van der Waals surface area contributed by atoms with Crippen LogP contribution in [0.4, 0.5) is 5.82 Å². The number of anilines is 1. The highest BCUT2D eigenvalue weighted by Crippen LogP contribution is 2.47. The van der Waals surface area contributed by atoms with E-state index in [4.69, 9.17) is 4.74 Å². The van der Waals surface area contributed by atoms with Crippen LogP contribution in [-0.4, -0.2) is 16.7 Å². The molecule has 1 atom stereocenters. The highest BCUT2D eigenvalue weighted by molar-refractivity contribution is 6.09. The molecule has 0 saturated carbocycles. The summed E-state index contributed by atoms with van der Waals surface area (Å²) in [4.78, 5) is 31.4. The van der Waals surface area contributed by atoms with Gasteiger partial charge in [-0.25, -0.2) is 4.98 Å². The van der Waals surface area contributed by atoms with Gasteiger partial charge in [-0.2, -0.15) is 0 Å². The van der Waals surface area contributed by atoms with Crippen LogP contribution in [0.15, 0.2) is 102 Å². The molecule has 2 aliphatic rings. The molecule has 3 aromatic rings. The van der Waals surface area contributed by atoms with Gasteiger partial charge in [0.2, 0.25) is 0 Å². The molecule has 1 aliphatic carbocycles. The van der Waals surface area contributed by atoms with E-state index in [2.05, 4.69) is 29.5 Å². The standard InChI is InChI=1S/C30H29N3O3/c1-19-26(29(35)33-25-14-7-8-15-31-25)27(28-23(32-19)17-30(2,3)18-24(28)34)20-10-9-13-22(16-20)36-21-11-5-4-6-12-21/h4-16,27,32H,17-18H2,1-3H3,(H,31,33,35)/t27-/m0/s1. The van der Waals surface area contributed by atoms with Gasteiger partial charge in [0.05, 0.1) is 0 Å². The van der Waals surface area contributed by atoms with Crippen LogP contribution in [0.2, 0.25) is 0 Å². The number of para-hydroxylation sites is 1. The third kappa shape index (κ3) is 4.80. The molecular formula is C30H29N3O3. The van der Waals surface area contributed by atoms with Gasteiger partial charge in [0.25, 0.3) is 5.91 Å². The van der Waals surface area contributed by atoms with Crippen molar-refractivity contribution in [1.82, 2.24) is 10.3 Å². The lowest BCUT2D eigenvalue weighted by atomic mass is 9.68. The topological polar surface area (TPSA) is 80.3 Å². The van der Waals surface area contributed by atoms with Gasteiger partial charge in [-0.3, -0.25) is 9.59 Å². The van der Waals surface area contributed by atoms with Crippen LogP contribution in [0.1, 0.15) is 45.1 Å². The summed E-state index contributed by atoms with van der Waals surface area (Å²) < 4.78 is 6.08. The molecule has 1 aromatic heterocycles. The zero-order valence-electron chi connectivity index (χ0n) is 20.7. The van der Waals surface area contributed by atoms with Crippen molar-refractivity contribution in [1.29, 1.82) is 0 Å². The zero-order valence-corrected chi connectivity index (χ0v) is 20.7. The Morgan fingerprint density at radius 1 is 1.00 bits per heavy atom. The zero-order chi connectivity index (χ0) is 25.3. The van der Waals surface area contributed by atoms with Crippen molar-refractivity contribution >= 4 is 17.5 Å². The Bertz CT molecular complexity index is 1370. The number of aromatic nitrogens is 1. The van der Waals surface area contributed by atoms with Gasteiger partial charge in [0.1, 0.15) is 17.3 Å². The normalized spacial score (nSPS) is 18.9. The number of ketones is 1. The number of nitrogens with zero attached hydrogens (tertiary/aromatic N) is 1. The van der Waals surface area contributed by atoms with Crippen molar-refractivity contribution < 1.29 is 14.3 Å². The van der Waals surface area contributed by atoms with E-state index < -0.39 is 5.92 Å². The van der Waals surface area contributed by atoms with Crippen molar-refractivity contribution in [3.05, 3.63) is 107 Å². The van der Waals surface area contributed by atoms with E-state index in [1.54, 1.807) is 18.3 Å². The molecule has 2 N–H and O–H groups in total. The molecule has 36 heavy (non-hydrogen) atoms. The van der Waals surface area contributed by atoms with E-state index in [0.29, 0.717) is 29.1 Å². The first-order chi connectivity index (χ1) is 17.3. The fourth-order valence-corrected chi connectivity index (χ4v) is 5.07. The van der Waals surface area contributed by atoms with Crippen molar-refractivity contribution in [3.8, 4) is 11.5 Å². The molecule has 6 nitrogen and oxygen atoms in total. The summed E-state index contributed by atoms with van der Waals surface area (Å²) in [6.45, 7) is 6.09. The maximum atomic E-state index is 13.6. The Labute approximate surface area is 211 Å². The predicted molar refractivity (Wildman–Crippen MR) is 139 cm³/mol. The molecule has 0 bridgehead atoms. The molecule has 0 saturated heterocycles. The monoisotopic (exact) mass is 479 g/mol. The highest BCUT2D eigenvalue weighted by Gasteiger charge is 2.42. The number of rotatable bonds is 5. The molecule has 1 amide bonds. The molecule has 6 heteroatoms. The molecule has 0 radical (unpaired) electrons. The molecule has 0 fully saturated rings. The molecule has 2 heterocycles. The number of benzene rings is 2. The predicted octanol–water partition coefficient (Wildman–Crippen LogP) is 6.12. The third-order valence-electron chi connectivity index (χ3n) is 6.56. The van der Waals surface area contributed by atoms with Crippen LogP contribution in [0, 0.1) is 5.41 Å². The van der Waals surface area contributed by atoms with E-state index in [0.717, 1.165) is 29.1 Å². The Hall–Kier alpha value is -4.19. The summed E-state index contributed by atoms with van der Waals surface area (Å²) in [5.74, 6) is 1.07. The lowest BCUT2D eigenvalue weighted by molar-refractivity contribution is -0.118. The van der Waals surface area contributed by atoms with Gasteiger partial charge in [-0.1, -0.05) is 50.2 Å². The SMILES string of the molecule is CC1=C(C(=O)Nc2ccccn2)[C@H](c2cccc(Oc3ccccc3)c2)C2=C(CC(C)(C)CC2=O)N1. The van der Waals surface area contributed by atoms with Crippen LogP contribution >= 0.6 is 0 Å². The van der Waals surface area contributed by atoms with E-state index >= 15 is 0 Å². The summed E-state index contributed by atoms with van der Waals surface area (Å²) in [6, 6.07) is 22.5. The quantitative estimate of drug-likeness (QED) is 0.461. The minimum absolute atomic E-state index is 0.0590. The third-order valence-corrected chi connectivity index (χ3v) is 6.56. The maximum Gasteiger partial charge on any atom is 0.255 e. The summed E-state index contributed by atoms with van der Waals surface area (Å²) in [5.41, 5.74) is 3.46. The Morgan fingerprint density at radius 2 is 1.75 bits per heavy atom. The number of hydrogen-bond donors (Lipinski definition) is 2. The number of allylic oxidation sites excluding steroid dienone is 3. The summed E-state index contributed by atoms with van der Waals surface area (Å²) in [6.07, 6.45) is 2.79. The number of ether oxygens (including phenoxy) is 1. The first kappa shape index (κ1) is 23.5. The number of pyridine rings is 1. The van der Waals surface area contributed by atoms with Crippen molar-refractivity contribution in [3.63, 3.8) is 0 Å². The molecule has 2 aromatic carbocycles. The Kier molecular flexibility index (Phi) is 6.18. The average molecular weight is 480 g/mol. The van der Waals surface area contributed by atoms with E-state index in [-0.39, 0.29) is 17.1 Å². The lowest BCUT2D eigenvalue weighted by Crippen LogP contribution is -2.39. The van der Waals surface area contributed by atoms with Gasteiger partial charge in [0, 0.05) is 41.1 Å².